The van der Waals surface area contributed by atoms with E-state index in [0.29, 0.717) is 0 Å². The number of nitrogens with two attached hydrogens (primary N) is 2. The summed E-state index contributed by atoms with van der Waals surface area (Å²) >= 11 is 0. The van der Waals surface area contributed by atoms with Gasteiger partial charge in [-0.3, -0.25) is 14.6 Å². The van der Waals surface area contributed by atoms with E-state index in [-0.39, 0.29) is 18.9 Å². The van der Waals surface area contributed by atoms with Crippen molar-refractivity contribution in [3.8, 4) is 0 Å². The van der Waals surface area contributed by atoms with Gasteiger partial charge >= 0.3 is 24.5 Å². The Morgan fingerprint density at radius 3 is 1.60 bits per heavy atom. The van der Waals surface area contributed by atoms with Crippen LogP contribution >= 0.6 is 0 Å². The molecule has 0 bridgehead atoms. The summed E-state index contributed by atoms with van der Waals surface area (Å²) in [5.74, 6) is -2.69. The molecule has 0 aliphatic rings. The molecule has 7 N–H and O–H groups in total. The first-order chi connectivity index (χ1) is 15.8. The molecule has 0 radical (unpaired) electrons. The molecule has 19 heteroatoms. The van der Waals surface area contributed by atoms with Gasteiger partial charge in [-0.1, -0.05) is 12.1 Å². The van der Waals surface area contributed by atoms with Crippen molar-refractivity contribution in [3.63, 3.8) is 0 Å². The first kappa shape index (κ1) is 35.3. The molecule has 35 heavy (non-hydrogen) atoms. The number of hydrogen-bond donors (Lipinski definition) is 5. The molecule has 0 amide bonds. The van der Waals surface area contributed by atoms with Crippen molar-refractivity contribution >= 4 is 41.3 Å². The van der Waals surface area contributed by atoms with Crippen molar-refractivity contribution < 1.29 is 69.2 Å². The minimum atomic E-state index is -6.06. The summed E-state index contributed by atoms with van der Waals surface area (Å²) in [5, 5.41) is 22.9. The summed E-state index contributed by atoms with van der Waals surface area (Å²) in [4.78, 5) is 33.7. The molecule has 0 aliphatic carbocycles. The summed E-state index contributed by atoms with van der Waals surface area (Å²) in [5.41, 5.74) is 11.4. The second kappa shape index (κ2) is 16.3. The monoisotopic (exact) mass is 530 g/mol. The predicted octanol–water partition coefficient (Wildman–Crippen LogP) is 3.29. The molecule has 10 nitrogen and oxygen atoms in total. The lowest BCUT2D eigenvalue weighted by Gasteiger charge is -2.08. The number of aliphatic imine (C=N–C) groups is 1. The number of carbonyl (C=O) groups is 3. The minimum absolute atomic E-state index is 0.0642. The van der Waals surface area contributed by atoms with Crippen LogP contribution in [0.3, 0.4) is 0 Å². The average molecular weight is 530 g/mol. The number of alkyl halides is 9. The molecular formula is C16H15F9N4O6. The summed E-state index contributed by atoms with van der Waals surface area (Å²) in [6.45, 7) is -0.500. The fourth-order valence-corrected chi connectivity index (χ4v) is 1.34. The average Bonchev–Trinajstić information content (AvgIpc) is 2.68. The van der Waals surface area contributed by atoms with Gasteiger partial charge in [0, 0.05) is 23.2 Å². The molecule has 0 atom stereocenters. The number of pyridine rings is 1. The Morgan fingerprint density at radius 2 is 1.29 bits per heavy atom. The SMILES string of the molecule is FC(F)(F)C(F)(F)F.NC(N)=Nc1cccc2cnccc12.O=C(O)C(F)(F)F.O=CO.O=CO. The normalized spacial score (nSPS) is 10.2. The quantitative estimate of drug-likeness (QED) is 0.159. The maximum absolute atomic E-state index is 10.6. The van der Waals surface area contributed by atoms with Crippen molar-refractivity contribution in [2.45, 2.75) is 18.5 Å². The highest BCUT2D eigenvalue weighted by Gasteiger charge is 2.58. The van der Waals surface area contributed by atoms with Gasteiger partial charge in [-0.05, 0) is 12.1 Å². The molecule has 1 aromatic carbocycles. The molecule has 1 heterocycles. The largest absolute Gasteiger partial charge is 0.490 e. The zero-order valence-corrected chi connectivity index (χ0v) is 16.6. The summed E-state index contributed by atoms with van der Waals surface area (Å²) in [6, 6.07) is 7.61. The Balaban J connectivity index is -0.000000420. The van der Waals surface area contributed by atoms with E-state index in [2.05, 4.69) is 9.98 Å². The third-order valence-electron chi connectivity index (χ3n) is 2.47. The second-order valence-corrected chi connectivity index (χ2v) is 4.92. The molecule has 2 aromatic rings. The number of benzene rings is 1. The van der Waals surface area contributed by atoms with Gasteiger partial charge in [0.15, 0.2) is 5.96 Å². The number of rotatable bonds is 1. The van der Waals surface area contributed by atoms with Crippen molar-refractivity contribution in [2.24, 2.45) is 16.5 Å². The maximum Gasteiger partial charge on any atom is 0.490 e. The zero-order valence-electron chi connectivity index (χ0n) is 16.6. The molecule has 0 saturated heterocycles. The van der Waals surface area contributed by atoms with E-state index < -0.39 is 24.5 Å². The molecule has 0 aliphatic heterocycles. The number of fused-ring (bicyclic) bond motifs is 1. The van der Waals surface area contributed by atoms with Crippen LogP contribution in [0, 0.1) is 0 Å². The van der Waals surface area contributed by atoms with Crippen molar-refractivity contribution in [3.05, 3.63) is 36.7 Å². The van der Waals surface area contributed by atoms with E-state index in [1.54, 1.807) is 12.4 Å². The number of nitrogens with zero attached hydrogens (tertiary/aromatic N) is 2. The van der Waals surface area contributed by atoms with Gasteiger partial charge < -0.3 is 26.8 Å². The van der Waals surface area contributed by atoms with E-state index in [4.69, 9.17) is 41.2 Å². The molecule has 1 aromatic heterocycles. The van der Waals surface area contributed by atoms with Crippen LogP contribution in [0.1, 0.15) is 0 Å². The Bertz CT molecular complexity index is 920. The van der Waals surface area contributed by atoms with Crippen LogP contribution in [-0.2, 0) is 14.4 Å². The minimum Gasteiger partial charge on any atom is -0.483 e. The van der Waals surface area contributed by atoms with Crippen LogP contribution < -0.4 is 11.5 Å². The van der Waals surface area contributed by atoms with E-state index in [1.807, 2.05) is 24.3 Å². The number of carboxylic acids is 1. The molecule has 198 valence electrons. The number of carboxylic acid groups (broad SMARTS) is 3. The van der Waals surface area contributed by atoms with Gasteiger partial charge in [0.1, 0.15) is 0 Å². The van der Waals surface area contributed by atoms with E-state index in [0.717, 1.165) is 16.5 Å². The van der Waals surface area contributed by atoms with Crippen LogP contribution in [0.4, 0.5) is 45.2 Å². The number of hydrogen-bond acceptors (Lipinski definition) is 5. The first-order valence-electron chi connectivity index (χ1n) is 7.81. The van der Waals surface area contributed by atoms with Crippen molar-refractivity contribution in [2.75, 3.05) is 0 Å². The number of halogens is 9. The smallest absolute Gasteiger partial charge is 0.483 e. The molecule has 2 rings (SSSR count). The Labute approximate surface area is 188 Å². The Kier molecular flexibility index (Phi) is 16.4. The second-order valence-electron chi connectivity index (χ2n) is 4.92. The number of aromatic nitrogens is 1. The lowest BCUT2D eigenvalue weighted by molar-refractivity contribution is -0.339. The van der Waals surface area contributed by atoms with Gasteiger partial charge in [0.05, 0.1) is 5.69 Å². The third-order valence-corrected chi connectivity index (χ3v) is 2.47. The van der Waals surface area contributed by atoms with Crippen LogP contribution in [-0.4, -0.2) is 63.7 Å². The van der Waals surface area contributed by atoms with Crippen molar-refractivity contribution in [1.29, 1.82) is 0 Å². The lowest BCUT2D eigenvalue weighted by Crippen LogP contribution is -2.30. The molecular weight excluding hydrogens is 515 g/mol. The summed E-state index contributed by atoms with van der Waals surface area (Å²) in [7, 11) is 0. The maximum atomic E-state index is 10.6. The van der Waals surface area contributed by atoms with Gasteiger partial charge in [-0.15, -0.1) is 0 Å². The predicted molar refractivity (Wildman–Crippen MR) is 100 cm³/mol. The van der Waals surface area contributed by atoms with Gasteiger partial charge in [0.2, 0.25) is 0 Å². The van der Waals surface area contributed by atoms with Crippen molar-refractivity contribution in [1.82, 2.24) is 4.98 Å². The fourth-order valence-electron chi connectivity index (χ4n) is 1.34. The van der Waals surface area contributed by atoms with E-state index >= 15 is 0 Å². The number of aliphatic carboxylic acids is 1. The third kappa shape index (κ3) is 17.9. The highest BCUT2D eigenvalue weighted by atomic mass is 19.5. The molecule has 0 spiro atoms. The van der Waals surface area contributed by atoms with Crippen LogP contribution in [0.2, 0.25) is 0 Å². The van der Waals surface area contributed by atoms with Gasteiger partial charge in [-0.2, -0.15) is 39.5 Å². The number of guanidine groups is 1. The van der Waals surface area contributed by atoms with E-state index in [9.17, 15) is 39.5 Å². The lowest BCUT2D eigenvalue weighted by atomic mass is 10.1. The topological polar surface area (TPSA) is 189 Å². The Hall–Kier alpha value is -4.32. The van der Waals surface area contributed by atoms with Crippen LogP contribution in [0.15, 0.2) is 41.7 Å². The molecule has 0 unspecified atom stereocenters. The van der Waals surface area contributed by atoms with E-state index in [1.165, 1.54) is 0 Å². The zero-order chi connectivity index (χ0) is 28.5. The highest BCUT2D eigenvalue weighted by molar-refractivity contribution is 5.94. The molecule has 0 saturated carbocycles. The molecule has 0 fully saturated rings. The highest BCUT2D eigenvalue weighted by Crippen LogP contribution is 2.35. The van der Waals surface area contributed by atoms with Crippen LogP contribution in [0.25, 0.3) is 10.8 Å². The summed E-state index contributed by atoms with van der Waals surface area (Å²) < 4.78 is 94.4. The Morgan fingerprint density at radius 1 is 0.886 bits per heavy atom. The van der Waals surface area contributed by atoms with Crippen LogP contribution in [0.5, 0.6) is 0 Å². The summed E-state index contributed by atoms with van der Waals surface area (Å²) in [6.07, 6.45) is -13.7. The van der Waals surface area contributed by atoms with Gasteiger partial charge in [-0.25, -0.2) is 9.79 Å². The standard InChI is InChI=1S/C10H10N4.C2F6.C2HF3O2.2CH2O2/c11-10(12)14-9-3-1-2-7-6-13-5-4-8(7)9;3-1(4,5)2(6,7)8;3-2(4,5)1(6)7;2*2-1-3/h1-6H,(H4,11,12,14);;(H,6,7);2*1H,(H,2,3). The van der Waals surface area contributed by atoms with Gasteiger partial charge in [0.25, 0.3) is 12.9 Å². The first-order valence-corrected chi connectivity index (χ1v) is 7.81. The fraction of sp³-hybridized carbons (Fsp3) is 0.188.